The van der Waals surface area contributed by atoms with Gasteiger partial charge in [-0.3, -0.25) is 0 Å². The zero-order valence-corrected chi connectivity index (χ0v) is 17.4. The van der Waals surface area contributed by atoms with Crippen molar-refractivity contribution in [3.05, 3.63) is 90.0 Å². The average Bonchev–Trinajstić information content (AvgIpc) is 2.77. The molecule has 1 N–H and O–H groups in total. The predicted molar refractivity (Wildman–Crippen MR) is 121 cm³/mol. The van der Waals surface area contributed by atoms with Crippen LogP contribution in [0.1, 0.15) is 30.9 Å². The van der Waals surface area contributed by atoms with Crippen LogP contribution in [0.3, 0.4) is 0 Å². The first-order valence-electron chi connectivity index (χ1n) is 10.5. The Morgan fingerprint density at radius 1 is 0.862 bits per heavy atom. The normalized spacial score (nSPS) is 11.7. The highest BCUT2D eigenvalue weighted by atomic mass is 16.5. The molecule has 0 saturated carbocycles. The van der Waals surface area contributed by atoms with Crippen molar-refractivity contribution >= 4 is 5.69 Å². The smallest absolute Gasteiger partial charge is 0.122 e. The van der Waals surface area contributed by atoms with Gasteiger partial charge in [0.1, 0.15) is 17.6 Å². The number of hydrogen-bond acceptors (Lipinski definition) is 3. The Labute approximate surface area is 174 Å². The highest BCUT2D eigenvalue weighted by Crippen LogP contribution is 2.20. The molecule has 3 aromatic carbocycles. The minimum atomic E-state index is 0.130. The summed E-state index contributed by atoms with van der Waals surface area (Å²) in [5, 5.41) is 3.47. The Kier molecular flexibility index (Phi) is 8.00. The lowest BCUT2D eigenvalue weighted by molar-refractivity contribution is 0.208. The van der Waals surface area contributed by atoms with Gasteiger partial charge in [-0.15, -0.1) is 0 Å². The summed E-state index contributed by atoms with van der Waals surface area (Å²) in [4.78, 5) is 0. The fourth-order valence-electron chi connectivity index (χ4n) is 3.15. The molecule has 1 atom stereocenters. The Balaban J connectivity index is 1.40. The van der Waals surface area contributed by atoms with E-state index < -0.39 is 0 Å². The van der Waals surface area contributed by atoms with Crippen molar-refractivity contribution in [2.75, 3.05) is 18.5 Å². The first-order valence-corrected chi connectivity index (χ1v) is 10.5. The Morgan fingerprint density at radius 3 is 2.31 bits per heavy atom. The van der Waals surface area contributed by atoms with Crippen LogP contribution in [0.5, 0.6) is 11.5 Å². The van der Waals surface area contributed by atoms with Gasteiger partial charge >= 0.3 is 0 Å². The first-order chi connectivity index (χ1) is 14.2. The number of benzene rings is 3. The number of anilines is 1. The zero-order chi connectivity index (χ0) is 20.3. The molecule has 3 heteroatoms. The monoisotopic (exact) mass is 389 g/mol. The molecule has 0 fully saturated rings. The van der Waals surface area contributed by atoms with Crippen LogP contribution < -0.4 is 14.8 Å². The highest BCUT2D eigenvalue weighted by molar-refractivity contribution is 5.46. The molecule has 0 aliphatic heterocycles. The molecule has 0 aliphatic carbocycles. The van der Waals surface area contributed by atoms with Crippen molar-refractivity contribution in [2.45, 2.75) is 39.2 Å². The van der Waals surface area contributed by atoms with Gasteiger partial charge in [-0.05, 0) is 67.6 Å². The molecule has 0 aliphatic rings. The molecule has 0 saturated heterocycles. The fraction of sp³-hybridized carbons (Fsp3) is 0.308. The summed E-state index contributed by atoms with van der Waals surface area (Å²) in [5.41, 5.74) is 3.60. The van der Waals surface area contributed by atoms with Crippen molar-refractivity contribution in [1.82, 2.24) is 0 Å². The van der Waals surface area contributed by atoms with Gasteiger partial charge < -0.3 is 14.8 Å². The summed E-state index contributed by atoms with van der Waals surface area (Å²) in [6, 6.07) is 26.9. The van der Waals surface area contributed by atoms with Crippen LogP contribution in [0, 0.1) is 6.92 Å². The maximum Gasteiger partial charge on any atom is 0.122 e. The number of hydrogen-bond donors (Lipinski definition) is 1. The molecule has 3 aromatic rings. The average molecular weight is 390 g/mol. The van der Waals surface area contributed by atoms with Gasteiger partial charge in [0, 0.05) is 5.69 Å². The van der Waals surface area contributed by atoms with Gasteiger partial charge in [-0.25, -0.2) is 0 Å². The molecular weight excluding hydrogens is 358 g/mol. The van der Waals surface area contributed by atoms with E-state index in [9.17, 15) is 0 Å². The number of nitrogens with one attached hydrogen (secondary N) is 1. The van der Waals surface area contributed by atoms with Crippen molar-refractivity contribution in [2.24, 2.45) is 0 Å². The largest absolute Gasteiger partial charge is 0.494 e. The maximum atomic E-state index is 6.15. The number of aryl methyl sites for hydroxylation is 2. The van der Waals surface area contributed by atoms with E-state index in [0.717, 1.165) is 49.6 Å². The zero-order valence-electron chi connectivity index (χ0n) is 17.4. The molecular formula is C26H31NO2. The topological polar surface area (TPSA) is 30.5 Å². The second-order valence-corrected chi connectivity index (χ2v) is 7.26. The van der Waals surface area contributed by atoms with E-state index in [0.29, 0.717) is 0 Å². The Hall–Kier alpha value is -2.94. The molecule has 3 nitrogen and oxygen atoms in total. The fourth-order valence-corrected chi connectivity index (χ4v) is 3.15. The molecule has 0 spiro atoms. The summed E-state index contributed by atoms with van der Waals surface area (Å²) in [7, 11) is 0. The summed E-state index contributed by atoms with van der Waals surface area (Å²) in [6.45, 7) is 5.72. The number of para-hydroxylation sites is 1. The molecule has 1 unspecified atom stereocenters. The quantitative estimate of drug-likeness (QED) is 0.392. The van der Waals surface area contributed by atoms with E-state index in [1.165, 1.54) is 11.1 Å². The van der Waals surface area contributed by atoms with Crippen molar-refractivity contribution in [1.29, 1.82) is 0 Å². The predicted octanol–water partition coefficient (Wildman–Crippen LogP) is 6.28. The van der Waals surface area contributed by atoms with Gasteiger partial charge in [0.05, 0.1) is 13.2 Å². The second kappa shape index (κ2) is 11.2. The van der Waals surface area contributed by atoms with E-state index in [1.807, 2.05) is 36.4 Å². The first kappa shape index (κ1) is 20.8. The van der Waals surface area contributed by atoms with E-state index in [4.69, 9.17) is 9.47 Å². The van der Waals surface area contributed by atoms with Crippen molar-refractivity contribution in [3.63, 3.8) is 0 Å². The van der Waals surface area contributed by atoms with Gasteiger partial charge in [0.15, 0.2) is 0 Å². The summed E-state index contributed by atoms with van der Waals surface area (Å²) < 4.78 is 12.0. The SMILES string of the molecule is CCC(CNc1ccc(OCCCc2ccccc2)cc1)Oc1ccccc1C. The van der Waals surface area contributed by atoms with E-state index >= 15 is 0 Å². The number of ether oxygens (including phenoxy) is 2. The van der Waals surface area contributed by atoms with E-state index in [2.05, 4.69) is 61.6 Å². The van der Waals surface area contributed by atoms with E-state index in [1.54, 1.807) is 0 Å². The van der Waals surface area contributed by atoms with Crippen LogP contribution >= 0.6 is 0 Å². The third-order valence-corrected chi connectivity index (χ3v) is 4.95. The van der Waals surface area contributed by atoms with Gasteiger partial charge in [-0.1, -0.05) is 55.5 Å². The highest BCUT2D eigenvalue weighted by Gasteiger charge is 2.09. The van der Waals surface area contributed by atoms with Crippen LogP contribution in [-0.2, 0) is 6.42 Å². The lowest BCUT2D eigenvalue weighted by Crippen LogP contribution is -2.25. The standard InChI is InChI=1S/C26H31NO2/c1-3-24(29-26-14-8-7-10-21(26)2)20-27-23-15-17-25(18-16-23)28-19-9-13-22-11-5-4-6-12-22/h4-8,10-12,14-18,24,27H,3,9,13,19-20H2,1-2H3. The minimum absolute atomic E-state index is 0.130. The lowest BCUT2D eigenvalue weighted by atomic mass is 10.1. The second-order valence-electron chi connectivity index (χ2n) is 7.26. The molecule has 0 amide bonds. The third kappa shape index (κ3) is 6.86. The maximum absolute atomic E-state index is 6.15. The summed E-state index contributed by atoms with van der Waals surface area (Å²) in [6.07, 6.45) is 3.13. The summed E-state index contributed by atoms with van der Waals surface area (Å²) in [5.74, 6) is 1.87. The van der Waals surface area contributed by atoms with E-state index in [-0.39, 0.29) is 6.10 Å². The molecule has 0 heterocycles. The Bertz CT molecular complexity index is 846. The number of rotatable bonds is 11. The van der Waals surface area contributed by atoms with Crippen molar-refractivity contribution in [3.8, 4) is 11.5 Å². The van der Waals surface area contributed by atoms with Crippen LogP contribution in [0.25, 0.3) is 0 Å². The summed E-state index contributed by atoms with van der Waals surface area (Å²) >= 11 is 0. The van der Waals surface area contributed by atoms with Crippen molar-refractivity contribution < 1.29 is 9.47 Å². The molecule has 0 bridgehead atoms. The van der Waals surface area contributed by atoms with Crippen LogP contribution in [-0.4, -0.2) is 19.3 Å². The Morgan fingerprint density at radius 2 is 1.59 bits per heavy atom. The van der Waals surface area contributed by atoms with Gasteiger partial charge in [-0.2, -0.15) is 0 Å². The van der Waals surface area contributed by atoms with Gasteiger partial charge in [0.2, 0.25) is 0 Å². The molecule has 0 aromatic heterocycles. The third-order valence-electron chi connectivity index (χ3n) is 4.95. The minimum Gasteiger partial charge on any atom is -0.494 e. The van der Waals surface area contributed by atoms with Crippen LogP contribution in [0.4, 0.5) is 5.69 Å². The molecule has 152 valence electrons. The molecule has 3 rings (SSSR count). The lowest BCUT2D eigenvalue weighted by Gasteiger charge is -2.20. The molecule has 29 heavy (non-hydrogen) atoms. The molecule has 0 radical (unpaired) electrons. The van der Waals surface area contributed by atoms with Crippen LogP contribution in [0.2, 0.25) is 0 Å². The van der Waals surface area contributed by atoms with Crippen LogP contribution in [0.15, 0.2) is 78.9 Å². The van der Waals surface area contributed by atoms with Gasteiger partial charge in [0.25, 0.3) is 0 Å².